The molecule has 0 radical (unpaired) electrons. The highest BCUT2D eigenvalue weighted by Gasteiger charge is 2.40. The van der Waals surface area contributed by atoms with Gasteiger partial charge in [-0.05, 0) is 61.7 Å². The second-order valence-corrected chi connectivity index (χ2v) is 12.3. The molecule has 1 atom stereocenters. The molecule has 4 rings (SSSR count). The van der Waals surface area contributed by atoms with Crippen molar-refractivity contribution in [2.45, 2.75) is 50.0 Å². The Bertz CT molecular complexity index is 1740. The van der Waals surface area contributed by atoms with Gasteiger partial charge >= 0.3 is 12.4 Å². The number of hydrogen-bond acceptors (Lipinski definition) is 6. The number of hydrogen-bond donors (Lipinski definition) is 1. The molecule has 7 nitrogen and oxygen atoms in total. The smallest absolute Gasteiger partial charge is 0.417 e. The number of aromatic nitrogens is 1. The van der Waals surface area contributed by atoms with Gasteiger partial charge < -0.3 is 14.6 Å². The standard InChI is InChI=1S/C30H27ClF6N2O5S/c1-4-43-28-26(14-20(15-38-28)29(32,33)34)45(41,42)39-16-21(10-8-18(3)40)44-25-11-9-19(13-24(25)39)12-17(2)27-22(30(35,36)37)6-5-7-23(27)31/h5-7,9,11-15,21,40H,3-4,8,10,16H2,1-2H3/b17-12+/t21-/m0/s1. The Labute approximate surface area is 260 Å². The van der Waals surface area contributed by atoms with Crippen LogP contribution < -0.4 is 13.8 Å². The highest BCUT2D eigenvalue weighted by Crippen LogP contribution is 2.43. The van der Waals surface area contributed by atoms with E-state index in [-0.39, 0.29) is 64.9 Å². The molecule has 1 aliphatic rings. The van der Waals surface area contributed by atoms with E-state index < -0.39 is 50.4 Å². The maximum atomic E-state index is 14.1. The number of sulfonamides is 1. The van der Waals surface area contributed by atoms with Gasteiger partial charge in [0, 0.05) is 23.2 Å². The molecule has 0 unspecified atom stereocenters. The molecule has 0 bridgehead atoms. The molecule has 2 heterocycles. The summed E-state index contributed by atoms with van der Waals surface area (Å²) < 4.78 is 122. The van der Waals surface area contributed by atoms with E-state index in [1.54, 1.807) is 0 Å². The average molecular weight is 677 g/mol. The molecule has 0 aliphatic carbocycles. The minimum Gasteiger partial charge on any atom is -0.513 e. The SMILES string of the molecule is C=C(O)CC[C@H]1CN(S(=O)(=O)c2cc(C(F)(F)F)cnc2OCC)c2cc(/C=C(\C)c3c(Cl)cccc3C(F)(F)F)ccc2O1. The first-order valence-electron chi connectivity index (χ1n) is 13.4. The van der Waals surface area contributed by atoms with E-state index in [1.165, 1.54) is 50.3 Å². The van der Waals surface area contributed by atoms with Gasteiger partial charge in [-0.15, -0.1) is 0 Å². The first-order valence-corrected chi connectivity index (χ1v) is 15.2. The zero-order valence-corrected chi connectivity index (χ0v) is 25.4. The second-order valence-electron chi connectivity index (χ2n) is 10.1. The van der Waals surface area contributed by atoms with Gasteiger partial charge in [0.1, 0.15) is 11.9 Å². The lowest BCUT2D eigenvalue weighted by Crippen LogP contribution is -2.43. The molecule has 2 aromatic carbocycles. The van der Waals surface area contributed by atoms with Crippen LogP contribution in [0.2, 0.25) is 5.02 Å². The van der Waals surface area contributed by atoms with Gasteiger partial charge in [0.15, 0.2) is 4.90 Å². The first kappa shape index (κ1) is 34.0. The number of nitrogens with zero attached hydrogens (tertiary/aromatic N) is 2. The van der Waals surface area contributed by atoms with Crippen molar-refractivity contribution >= 4 is 39.0 Å². The predicted molar refractivity (Wildman–Crippen MR) is 157 cm³/mol. The Morgan fingerprint density at radius 1 is 1.18 bits per heavy atom. The maximum absolute atomic E-state index is 14.1. The Kier molecular flexibility index (Phi) is 9.69. The van der Waals surface area contributed by atoms with Crippen LogP contribution in [0.4, 0.5) is 32.0 Å². The van der Waals surface area contributed by atoms with Crippen LogP contribution in [0.5, 0.6) is 11.6 Å². The summed E-state index contributed by atoms with van der Waals surface area (Å²) in [6, 6.07) is 7.97. The topological polar surface area (TPSA) is 89.0 Å². The number of alkyl halides is 6. The normalized spacial score (nSPS) is 15.8. The van der Waals surface area contributed by atoms with Crippen molar-refractivity contribution in [3.63, 3.8) is 0 Å². The molecule has 0 saturated carbocycles. The third-order valence-corrected chi connectivity index (χ3v) is 8.85. The minimum absolute atomic E-state index is 0.0276. The van der Waals surface area contributed by atoms with Crippen molar-refractivity contribution in [1.82, 2.24) is 4.98 Å². The van der Waals surface area contributed by atoms with E-state index in [0.29, 0.717) is 12.3 Å². The summed E-state index contributed by atoms with van der Waals surface area (Å²) in [5.41, 5.74) is -2.30. The van der Waals surface area contributed by atoms with Crippen LogP contribution in [0, 0.1) is 0 Å². The Morgan fingerprint density at radius 3 is 2.51 bits per heavy atom. The van der Waals surface area contributed by atoms with Gasteiger partial charge in [-0.2, -0.15) is 26.3 Å². The van der Waals surface area contributed by atoms with Crippen LogP contribution >= 0.6 is 11.6 Å². The quantitative estimate of drug-likeness (QED) is 0.139. The van der Waals surface area contributed by atoms with Crippen molar-refractivity contribution in [3.8, 4) is 11.6 Å². The van der Waals surface area contributed by atoms with E-state index in [0.717, 1.165) is 10.4 Å². The lowest BCUT2D eigenvalue weighted by molar-refractivity contribution is -0.138. The lowest BCUT2D eigenvalue weighted by atomic mass is 9.98. The molecule has 1 aromatic heterocycles. The summed E-state index contributed by atoms with van der Waals surface area (Å²) in [5, 5.41) is 9.43. The van der Waals surface area contributed by atoms with Gasteiger partial charge in [-0.3, -0.25) is 4.31 Å². The highest BCUT2D eigenvalue weighted by molar-refractivity contribution is 7.93. The number of halogens is 7. The van der Waals surface area contributed by atoms with E-state index in [1.807, 2.05) is 0 Å². The molecule has 1 aliphatic heterocycles. The van der Waals surface area contributed by atoms with E-state index in [4.69, 9.17) is 21.1 Å². The number of benzene rings is 2. The van der Waals surface area contributed by atoms with Crippen molar-refractivity contribution in [1.29, 1.82) is 0 Å². The lowest BCUT2D eigenvalue weighted by Gasteiger charge is -2.36. The number of fused-ring (bicyclic) bond motifs is 1. The largest absolute Gasteiger partial charge is 0.513 e. The Morgan fingerprint density at radius 2 is 1.89 bits per heavy atom. The van der Waals surface area contributed by atoms with Crippen molar-refractivity contribution in [2.75, 3.05) is 17.5 Å². The molecular weight excluding hydrogens is 650 g/mol. The average Bonchev–Trinajstić information content (AvgIpc) is 2.94. The van der Waals surface area contributed by atoms with Gasteiger partial charge in [0.2, 0.25) is 5.88 Å². The summed E-state index contributed by atoms with van der Waals surface area (Å²) in [6.07, 6.45) is -8.51. The third-order valence-electron chi connectivity index (χ3n) is 6.76. The molecule has 0 amide bonds. The van der Waals surface area contributed by atoms with E-state index in [2.05, 4.69) is 11.6 Å². The molecule has 3 aromatic rings. The number of anilines is 1. The highest BCUT2D eigenvalue weighted by atomic mass is 35.5. The number of ether oxygens (including phenoxy) is 2. The van der Waals surface area contributed by atoms with Crippen molar-refractivity contribution in [2.24, 2.45) is 0 Å². The summed E-state index contributed by atoms with van der Waals surface area (Å²) in [4.78, 5) is 2.77. The molecule has 15 heteroatoms. The maximum Gasteiger partial charge on any atom is 0.417 e. The van der Waals surface area contributed by atoms with E-state index in [9.17, 15) is 39.9 Å². The number of rotatable bonds is 9. The van der Waals surface area contributed by atoms with Crippen LogP contribution in [0.1, 0.15) is 48.9 Å². The van der Waals surface area contributed by atoms with E-state index >= 15 is 0 Å². The predicted octanol–water partition coefficient (Wildman–Crippen LogP) is 8.54. The van der Waals surface area contributed by atoms with Crippen LogP contribution in [0.25, 0.3) is 11.6 Å². The third kappa shape index (κ3) is 7.50. The number of aliphatic hydroxyl groups is 1. The van der Waals surface area contributed by atoms with Crippen LogP contribution in [0.15, 0.2) is 65.9 Å². The van der Waals surface area contributed by atoms with Gasteiger partial charge in [0.25, 0.3) is 10.0 Å². The molecular formula is C30H27ClF6N2O5S. The van der Waals surface area contributed by atoms with Crippen LogP contribution in [0.3, 0.4) is 0 Å². The fourth-order valence-electron chi connectivity index (χ4n) is 4.74. The fraction of sp³-hybridized carbons (Fsp3) is 0.300. The van der Waals surface area contributed by atoms with Crippen molar-refractivity contribution in [3.05, 3.63) is 88.3 Å². The van der Waals surface area contributed by atoms with Crippen LogP contribution in [-0.2, 0) is 22.4 Å². The number of allylic oxidation sites excluding steroid dienone is 2. The summed E-state index contributed by atoms with van der Waals surface area (Å²) in [7, 11) is -4.82. The molecule has 0 saturated heterocycles. The monoisotopic (exact) mass is 676 g/mol. The number of aliphatic hydroxyl groups excluding tert-OH is 1. The van der Waals surface area contributed by atoms with Gasteiger partial charge in [0.05, 0.1) is 35.7 Å². The molecule has 0 fully saturated rings. The zero-order chi connectivity index (χ0) is 33.3. The van der Waals surface area contributed by atoms with Crippen LogP contribution in [-0.4, -0.2) is 37.8 Å². The molecule has 242 valence electrons. The molecule has 45 heavy (non-hydrogen) atoms. The summed E-state index contributed by atoms with van der Waals surface area (Å²) in [5.74, 6) is -0.711. The minimum atomic E-state index is -4.92. The fourth-order valence-corrected chi connectivity index (χ4v) is 6.68. The van der Waals surface area contributed by atoms with Crippen molar-refractivity contribution < 1.29 is 49.3 Å². The summed E-state index contributed by atoms with van der Waals surface area (Å²) >= 11 is 6.15. The Hall–Kier alpha value is -3.91. The summed E-state index contributed by atoms with van der Waals surface area (Å²) in [6.45, 7) is 5.82. The second kappa shape index (κ2) is 12.8. The Balaban J connectivity index is 1.88. The number of pyridine rings is 1. The molecule has 1 N–H and O–H groups in total. The molecule has 0 spiro atoms. The van der Waals surface area contributed by atoms with Gasteiger partial charge in [-0.25, -0.2) is 13.4 Å². The first-order chi connectivity index (χ1) is 20.9. The van der Waals surface area contributed by atoms with Gasteiger partial charge in [-0.1, -0.05) is 36.4 Å². The zero-order valence-electron chi connectivity index (χ0n) is 23.8.